The molecule has 3 N–H and O–H groups in total. The quantitative estimate of drug-likeness (QED) is 0.195. The van der Waals surface area contributed by atoms with Crippen molar-refractivity contribution in [3.05, 3.63) is 24.0 Å². The summed E-state index contributed by atoms with van der Waals surface area (Å²) in [7, 11) is 0. The number of rotatable bonds is 19. The minimum Gasteiger partial charge on any atom is -0.494 e. The average Bonchev–Trinajstić information content (AvgIpc) is 2.65. The van der Waals surface area contributed by atoms with Crippen molar-refractivity contribution in [3.8, 4) is 0 Å². The molecule has 0 aromatic heterocycles. The van der Waals surface area contributed by atoms with Gasteiger partial charge in [0.1, 0.15) is 5.76 Å². The van der Waals surface area contributed by atoms with Gasteiger partial charge in [0, 0.05) is 6.61 Å². The third kappa shape index (κ3) is 16.6. The number of allylic oxidation sites excluding steroid dienone is 2. The van der Waals surface area contributed by atoms with Crippen LogP contribution in [0, 0.1) is 5.92 Å². The Morgan fingerprint density at radius 3 is 2.54 bits per heavy atom. The largest absolute Gasteiger partial charge is 0.494 e. The smallest absolute Gasteiger partial charge is 0.117 e. The minimum atomic E-state index is 0.627. The van der Waals surface area contributed by atoms with Gasteiger partial charge in [-0.15, -0.1) is 0 Å². The summed E-state index contributed by atoms with van der Waals surface area (Å²) in [5.74, 6) is 1.66. The monoisotopic (exact) mass is 368 g/mol. The first kappa shape index (κ1) is 25.2. The Hall–Kier alpha value is -0.840. The molecule has 0 fully saturated rings. The highest BCUT2D eigenvalue weighted by atomic mass is 16.5. The molecule has 154 valence electrons. The molecule has 0 saturated carbocycles. The topological polar surface area (TPSA) is 56.5 Å². The SMILES string of the molecule is C/C=C\C(=C/COCCCCCCNCC)OCCCC(CC)CCN. The molecular weight excluding hydrogens is 324 g/mol. The Labute approximate surface area is 162 Å². The van der Waals surface area contributed by atoms with Crippen LogP contribution < -0.4 is 11.1 Å². The molecule has 1 unspecified atom stereocenters. The average molecular weight is 369 g/mol. The maximum absolute atomic E-state index is 5.89. The molecule has 0 radical (unpaired) electrons. The first-order chi connectivity index (χ1) is 12.8. The summed E-state index contributed by atoms with van der Waals surface area (Å²) in [6.07, 6.45) is 15.6. The Morgan fingerprint density at radius 2 is 1.85 bits per heavy atom. The van der Waals surface area contributed by atoms with Crippen LogP contribution in [0.4, 0.5) is 0 Å². The van der Waals surface area contributed by atoms with E-state index in [2.05, 4.69) is 19.2 Å². The Kier molecular flexibility index (Phi) is 19.8. The molecule has 0 spiro atoms. The molecule has 0 aliphatic rings. The number of ether oxygens (including phenoxy) is 2. The van der Waals surface area contributed by atoms with Crippen molar-refractivity contribution in [3.63, 3.8) is 0 Å². The molecule has 0 amide bonds. The molecule has 0 bridgehead atoms. The van der Waals surface area contributed by atoms with Crippen molar-refractivity contribution < 1.29 is 9.47 Å². The zero-order valence-corrected chi connectivity index (χ0v) is 17.6. The van der Waals surface area contributed by atoms with E-state index in [4.69, 9.17) is 15.2 Å². The third-order valence-electron chi connectivity index (χ3n) is 4.55. The molecule has 26 heavy (non-hydrogen) atoms. The number of unbranched alkanes of at least 4 members (excludes halogenated alkanes) is 3. The van der Waals surface area contributed by atoms with Crippen molar-refractivity contribution in [2.45, 2.75) is 72.1 Å². The second-order valence-corrected chi connectivity index (χ2v) is 6.79. The summed E-state index contributed by atoms with van der Waals surface area (Å²) in [5.41, 5.74) is 5.66. The van der Waals surface area contributed by atoms with Crippen LogP contribution in [0.1, 0.15) is 72.1 Å². The molecule has 0 aromatic carbocycles. The molecule has 1 atom stereocenters. The summed E-state index contributed by atoms with van der Waals surface area (Å²) in [6.45, 7) is 11.6. The Balaban J connectivity index is 3.76. The van der Waals surface area contributed by atoms with Crippen LogP contribution in [0.25, 0.3) is 0 Å². The van der Waals surface area contributed by atoms with Crippen molar-refractivity contribution >= 4 is 0 Å². The van der Waals surface area contributed by atoms with E-state index in [1.54, 1.807) is 0 Å². The summed E-state index contributed by atoms with van der Waals surface area (Å²) >= 11 is 0. The van der Waals surface area contributed by atoms with Gasteiger partial charge in [-0.1, -0.05) is 39.2 Å². The van der Waals surface area contributed by atoms with Crippen LogP contribution in [-0.4, -0.2) is 39.5 Å². The van der Waals surface area contributed by atoms with Crippen molar-refractivity contribution in [1.82, 2.24) is 5.32 Å². The lowest BCUT2D eigenvalue weighted by Crippen LogP contribution is -2.13. The standard InChI is InChI=1S/C22H44N2O2/c1-4-12-22(26-19-11-13-21(5-2)14-16-23)15-20-25-18-10-8-7-9-17-24-6-3/h4,12,15,21,24H,5-11,13-14,16-20,23H2,1-3H3/b12-4-,22-15+. The van der Waals surface area contributed by atoms with Gasteiger partial charge in [0.25, 0.3) is 0 Å². The van der Waals surface area contributed by atoms with Gasteiger partial charge >= 0.3 is 0 Å². The zero-order valence-electron chi connectivity index (χ0n) is 17.6. The van der Waals surface area contributed by atoms with E-state index < -0.39 is 0 Å². The van der Waals surface area contributed by atoms with Crippen molar-refractivity contribution in [2.75, 3.05) is 39.5 Å². The fraction of sp³-hybridized carbons (Fsp3) is 0.818. The van der Waals surface area contributed by atoms with E-state index in [-0.39, 0.29) is 0 Å². The Morgan fingerprint density at radius 1 is 1.04 bits per heavy atom. The van der Waals surface area contributed by atoms with E-state index in [0.29, 0.717) is 6.61 Å². The Bertz CT molecular complexity index is 343. The maximum Gasteiger partial charge on any atom is 0.117 e. The summed E-state index contributed by atoms with van der Waals surface area (Å²) < 4.78 is 11.6. The van der Waals surface area contributed by atoms with Crippen LogP contribution in [0.2, 0.25) is 0 Å². The van der Waals surface area contributed by atoms with E-state index in [0.717, 1.165) is 63.8 Å². The summed E-state index contributed by atoms with van der Waals surface area (Å²) in [5, 5.41) is 3.36. The second-order valence-electron chi connectivity index (χ2n) is 6.79. The maximum atomic E-state index is 5.89. The van der Waals surface area contributed by atoms with Gasteiger partial charge in [0.05, 0.1) is 13.2 Å². The molecule has 0 heterocycles. The van der Waals surface area contributed by atoms with Crippen LogP contribution in [0.5, 0.6) is 0 Å². The molecule has 0 aliphatic carbocycles. The van der Waals surface area contributed by atoms with Gasteiger partial charge in [-0.05, 0) is 76.7 Å². The minimum absolute atomic E-state index is 0.627. The van der Waals surface area contributed by atoms with Crippen LogP contribution in [0.3, 0.4) is 0 Å². The lowest BCUT2D eigenvalue weighted by Gasteiger charge is -2.14. The van der Waals surface area contributed by atoms with Gasteiger partial charge in [0.2, 0.25) is 0 Å². The highest BCUT2D eigenvalue weighted by Crippen LogP contribution is 2.15. The fourth-order valence-electron chi connectivity index (χ4n) is 2.90. The highest BCUT2D eigenvalue weighted by Gasteiger charge is 2.05. The van der Waals surface area contributed by atoms with E-state index in [1.807, 2.05) is 25.2 Å². The first-order valence-corrected chi connectivity index (χ1v) is 10.7. The van der Waals surface area contributed by atoms with Gasteiger partial charge in [0.15, 0.2) is 0 Å². The third-order valence-corrected chi connectivity index (χ3v) is 4.55. The number of nitrogens with two attached hydrogens (primary N) is 1. The zero-order chi connectivity index (χ0) is 19.3. The molecule has 0 rings (SSSR count). The van der Waals surface area contributed by atoms with E-state index in [1.165, 1.54) is 32.1 Å². The fourth-order valence-corrected chi connectivity index (χ4v) is 2.90. The highest BCUT2D eigenvalue weighted by molar-refractivity contribution is 5.11. The number of nitrogens with one attached hydrogen (secondary N) is 1. The van der Waals surface area contributed by atoms with Crippen molar-refractivity contribution in [1.29, 1.82) is 0 Å². The van der Waals surface area contributed by atoms with Gasteiger partial charge in [-0.3, -0.25) is 0 Å². The van der Waals surface area contributed by atoms with Gasteiger partial charge in [-0.25, -0.2) is 0 Å². The normalized spacial score (nSPS) is 13.5. The molecule has 4 heteroatoms. The van der Waals surface area contributed by atoms with E-state index >= 15 is 0 Å². The number of hydrogen-bond donors (Lipinski definition) is 2. The number of hydrogen-bond acceptors (Lipinski definition) is 4. The summed E-state index contributed by atoms with van der Waals surface area (Å²) in [6, 6.07) is 0. The van der Waals surface area contributed by atoms with Gasteiger partial charge < -0.3 is 20.5 Å². The molecule has 0 aliphatic heterocycles. The van der Waals surface area contributed by atoms with E-state index in [9.17, 15) is 0 Å². The predicted octanol–water partition coefficient (Wildman–Crippen LogP) is 4.80. The lowest BCUT2D eigenvalue weighted by molar-refractivity contribution is 0.150. The van der Waals surface area contributed by atoms with Crippen molar-refractivity contribution in [2.24, 2.45) is 11.7 Å². The second kappa shape index (κ2) is 20.5. The first-order valence-electron chi connectivity index (χ1n) is 10.7. The lowest BCUT2D eigenvalue weighted by atomic mass is 9.97. The molecular formula is C22H44N2O2. The molecule has 0 saturated heterocycles. The van der Waals surface area contributed by atoms with Crippen LogP contribution in [0.15, 0.2) is 24.0 Å². The predicted molar refractivity (Wildman–Crippen MR) is 113 cm³/mol. The van der Waals surface area contributed by atoms with Gasteiger partial charge in [-0.2, -0.15) is 0 Å². The molecule has 4 nitrogen and oxygen atoms in total. The molecule has 0 aromatic rings. The van der Waals surface area contributed by atoms with Crippen LogP contribution in [-0.2, 0) is 9.47 Å². The summed E-state index contributed by atoms with van der Waals surface area (Å²) in [4.78, 5) is 0. The van der Waals surface area contributed by atoms with Crippen LogP contribution >= 0.6 is 0 Å².